The molecule has 1 saturated carbocycles. The predicted molar refractivity (Wildman–Crippen MR) is 81.3 cm³/mol. The zero-order valence-corrected chi connectivity index (χ0v) is 12.9. The van der Waals surface area contributed by atoms with Crippen LogP contribution < -0.4 is 5.32 Å². The van der Waals surface area contributed by atoms with Crippen LogP contribution >= 0.6 is 11.3 Å². The van der Waals surface area contributed by atoms with E-state index in [1.165, 1.54) is 53.8 Å². The number of nitrogens with one attached hydrogen (secondary N) is 1. The number of thiophene rings is 1. The maximum atomic E-state index is 3.76. The Morgan fingerprint density at radius 1 is 1.22 bits per heavy atom. The Kier molecular flexibility index (Phi) is 5.25. The molecule has 0 bridgehead atoms. The molecule has 0 spiro atoms. The molecule has 1 aliphatic rings. The summed E-state index contributed by atoms with van der Waals surface area (Å²) >= 11 is 1.92. The van der Waals surface area contributed by atoms with Gasteiger partial charge in [0.25, 0.3) is 0 Å². The highest BCUT2D eigenvalue weighted by Gasteiger charge is 2.20. The van der Waals surface area contributed by atoms with Crippen molar-refractivity contribution in [2.24, 2.45) is 5.92 Å². The number of rotatable bonds is 5. The third-order valence-corrected chi connectivity index (χ3v) is 5.28. The number of hydrogen-bond acceptors (Lipinski definition) is 2. The smallest absolute Gasteiger partial charge is 0.0219 e. The summed E-state index contributed by atoms with van der Waals surface area (Å²) in [4.78, 5) is 2.93. The predicted octanol–water partition coefficient (Wildman–Crippen LogP) is 4.81. The fraction of sp³-hybridized carbons (Fsp3) is 0.750. The molecule has 0 unspecified atom stereocenters. The van der Waals surface area contributed by atoms with Crippen LogP contribution in [0.5, 0.6) is 0 Å². The van der Waals surface area contributed by atoms with E-state index in [4.69, 9.17) is 0 Å². The highest BCUT2D eigenvalue weighted by Crippen LogP contribution is 2.28. The largest absolute Gasteiger partial charge is 0.310 e. The van der Waals surface area contributed by atoms with E-state index in [9.17, 15) is 0 Å². The van der Waals surface area contributed by atoms with E-state index < -0.39 is 0 Å². The second-order valence-electron chi connectivity index (χ2n) is 5.83. The molecule has 0 amide bonds. The topological polar surface area (TPSA) is 12.0 Å². The molecule has 2 rings (SSSR count). The second-order valence-corrected chi connectivity index (χ2v) is 7.29. The van der Waals surface area contributed by atoms with E-state index in [1.54, 1.807) is 0 Å². The summed E-state index contributed by atoms with van der Waals surface area (Å²) < 4.78 is 0. The van der Waals surface area contributed by atoms with Gasteiger partial charge in [0.1, 0.15) is 0 Å². The maximum Gasteiger partial charge on any atom is 0.0219 e. The molecule has 1 heterocycles. The summed E-state index contributed by atoms with van der Waals surface area (Å²) in [7, 11) is 0. The molecule has 1 N–H and O–H groups in total. The molecule has 1 aromatic heterocycles. The van der Waals surface area contributed by atoms with E-state index in [0.29, 0.717) is 0 Å². The molecule has 102 valence electrons. The van der Waals surface area contributed by atoms with Gasteiger partial charge in [0.05, 0.1) is 0 Å². The molecule has 0 aliphatic heterocycles. The zero-order valence-electron chi connectivity index (χ0n) is 12.1. The summed E-state index contributed by atoms with van der Waals surface area (Å²) in [6, 6.07) is 3.10. The van der Waals surface area contributed by atoms with Gasteiger partial charge in [0, 0.05) is 22.3 Å². The lowest BCUT2D eigenvalue weighted by Gasteiger charge is -2.29. The molecule has 0 radical (unpaired) electrons. The minimum Gasteiger partial charge on any atom is -0.310 e. The lowest BCUT2D eigenvalue weighted by Crippen LogP contribution is -2.32. The van der Waals surface area contributed by atoms with Crippen LogP contribution in [0.2, 0.25) is 0 Å². The van der Waals surface area contributed by atoms with Crippen molar-refractivity contribution >= 4 is 11.3 Å². The molecule has 1 nitrogen and oxygen atoms in total. The van der Waals surface area contributed by atoms with Gasteiger partial charge in [-0.3, -0.25) is 0 Å². The molecule has 0 aromatic carbocycles. The number of aryl methyl sites for hydroxylation is 2. The molecule has 0 atom stereocenters. The van der Waals surface area contributed by atoms with Crippen LogP contribution in [0.25, 0.3) is 0 Å². The maximum absolute atomic E-state index is 3.76. The van der Waals surface area contributed by atoms with Crippen LogP contribution in [-0.2, 0) is 6.54 Å². The standard InChI is InChI=1S/C16H27NS/c1-4-5-14-6-8-16(9-7-14)17-11-15-10-12(2)18-13(15)3/h10,14,16-17H,4-9,11H2,1-3H3. The van der Waals surface area contributed by atoms with Crippen molar-refractivity contribution < 1.29 is 0 Å². The Balaban J connectivity index is 1.74. The summed E-state index contributed by atoms with van der Waals surface area (Å²) in [5.41, 5.74) is 1.51. The van der Waals surface area contributed by atoms with Gasteiger partial charge in [0.2, 0.25) is 0 Å². The van der Waals surface area contributed by atoms with E-state index >= 15 is 0 Å². The molecular formula is C16H27NS. The molecule has 18 heavy (non-hydrogen) atoms. The van der Waals surface area contributed by atoms with Crippen LogP contribution in [-0.4, -0.2) is 6.04 Å². The van der Waals surface area contributed by atoms with Gasteiger partial charge < -0.3 is 5.32 Å². The van der Waals surface area contributed by atoms with Gasteiger partial charge in [0.15, 0.2) is 0 Å². The fourth-order valence-corrected chi connectivity index (χ4v) is 4.12. The lowest BCUT2D eigenvalue weighted by molar-refractivity contribution is 0.277. The lowest BCUT2D eigenvalue weighted by atomic mass is 9.83. The summed E-state index contributed by atoms with van der Waals surface area (Å²) in [6.45, 7) is 7.83. The van der Waals surface area contributed by atoms with E-state index in [0.717, 1.165) is 18.5 Å². The Morgan fingerprint density at radius 3 is 2.50 bits per heavy atom. The van der Waals surface area contributed by atoms with Gasteiger partial charge in [-0.2, -0.15) is 0 Å². The van der Waals surface area contributed by atoms with Gasteiger partial charge in [-0.15, -0.1) is 11.3 Å². The summed E-state index contributed by atoms with van der Waals surface area (Å²) in [5.74, 6) is 1.01. The van der Waals surface area contributed by atoms with Gasteiger partial charge >= 0.3 is 0 Å². The average molecular weight is 265 g/mol. The molecule has 1 fully saturated rings. The quantitative estimate of drug-likeness (QED) is 0.805. The van der Waals surface area contributed by atoms with Crippen molar-refractivity contribution in [2.45, 2.75) is 71.9 Å². The molecule has 2 heteroatoms. The van der Waals surface area contributed by atoms with Crippen molar-refractivity contribution in [3.63, 3.8) is 0 Å². The van der Waals surface area contributed by atoms with Gasteiger partial charge in [-0.1, -0.05) is 19.8 Å². The minimum atomic E-state index is 0.762. The minimum absolute atomic E-state index is 0.762. The van der Waals surface area contributed by atoms with E-state index in [2.05, 4.69) is 32.2 Å². The monoisotopic (exact) mass is 265 g/mol. The van der Waals surface area contributed by atoms with E-state index in [-0.39, 0.29) is 0 Å². The van der Waals surface area contributed by atoms with Crippen LogP contribution in [0.15, 0.2) is 6.07 Å². The van der Waals surface area contributed by atoms with Gasteiger partial charge in [-0.05, 0) is 57.1 Å². The van der Waals surface area contributed by atoms with Crippen LogP contribution in [0, 0.1) is 19.8 Å². The van der Waals surface area contributed by atoms with Crippen molar-refractivity contribution in [2.75, 3.05) is 0 Å². The average Bonchev–Trinajstić information content (AvgIpc) is 2.67. The van der Waals surface area contributed by atoms with Crippen molar-refractivity contribution in [3.05, 3.63) is 21.4 Å². The Morgan fingerprint density at radius 2 is 1.94 bits per heavy atom. The SMILES string of the molecule is CCCC1CCC(NCc2cc(C)sc2C)CC1. The first kappa shape index (κ1) is 14.1. The zero-order chi connectivity index (χ0) is 13.0. The van der Waals surface area contributed by atoms with E-state index in [1.807, 2.05) is 11.3 Å². The first-order valence-corrected chi connectivity index (χ1v) is 8.30. The Hall–Kier alpha value is -0.340. The first-order valence-electron chi connectivity index (χ1n) is 7.48. The highest BCUT2D eigenvalue weighted by atomic mass is 32.1. The van der Waals surface area contributed by atoms with Crippen LogP contribution in [0.1, 0.15) is 60.8 Å². The van der Waals surface area contributed by atoms with Crippen LogP contribution in [0.3, 0.4) is 0 Å². The summed E-state index contributed by atoms with van der Waals surface area (Å²) in [5, 5.41) is 3.76. The Bertz CT molecular complexity index is 361. The highest BCUT2D eigenvalue weighted by molar-refractivity contribution is 7.12. The van der Waals surface area contributed by atoms with Crippen LogP contribution in [0.4, 0.5) is 0 Å². The second kappa shape index (κ2) is 6.72. The van der Waals surface area contributed by atoms with Crippen molar-refractivity contribution in [1.82, 2.24) is 5.32 Å². The third-order valence-electron chi connectivity index (χ3n) is 4.27. The normalized spacial score (nSPS) is 24.4. The van der Waals surface area contributed by atoms with Crippen molar-refractivity contribution in [3.8, 4) is 0 Å². The number of hydrogen-bond donors (Lipinski definition) is 1. The van der Waals surface area contributed by atoms with Crippen molar-refractivity contribution in [1.29, 1.82) is 0 Å². The first-order chi connectivity index (χ1) is 8.69. The third kappa shape index (κ3) is 3.83. The fourth-order valence-electron chi connectivity index (χ4n) is 3.18. The Labute approximate surface area is 116 Å². The van der Waals surface area contributed by atoms with Gasteiger partial charge in [-0.25, -0.2) is 0 Å². The summed E-state index contributed by atoms with van der Waals surface area (Å²) in [6.07, 6.45) is 8.44. The molecule has 0 saturated heterocycles. The molecule has 1 aliphatic carbocycles. The molecular weight excluding hydrogens is 238 g/mol. The molecule has 1 aromatic rings.